The molecule has 3 heterocycles. The molecule has 0 aliphatic carbocycles. The van der Waals surface area contributed by atoms with Gasteiger partial charge >= 0.3 is 6.09 Å². The number of carbonyl (C=O) groups excluding carboxylic acids is 1. The summed E-state index contributed by atoms with van der Waals surface area (Å²) in [7, 11) is 0. The molecule has 1 aliphatic rings. The van der Waals surface area contributed by atoms with Crippen LogP contribution in [0.4, 0.5) is 4.79 Å². The van der Waals surface area contributed by atoms with Gasteiger partial charge in [-0.05, 0) is 50.1 Å². The van der Waals surface area contributed by atoms with Crippen molar-refractivity contribution in [2.45, 2.75) is 26.7 Å². The number of aryl methyl sites for hydroxylation is 2. The fraction of sp³-hybridized carbons (Fsp3) is 0.375. The van der Waals surface area contributed by atoms with Gasteiger partial charge in [0.2, 0.25) is 0 Å². The van der Waals surface area contributed by atoms with E-state index in [1.807, 2.05) is 54.9 Å². The Morgan fingerprint density at radius 3 is 2.52 bits per heavy atom. The van der Waals surface area contributed by atoms with E-state index in [1.165, 1.54) is 4.88 Å². The van der Waals surface area contributed by atoms with Crippen LogP contribution >= 0.6 is 11.3 Å². The molecule has 7 heteroatoms. The molecule has 1 aromatic carbocycles. The Morgan fingerprint density at radius 1 is 1.06 bits per heavy atom. The van der Waals surface area contributed by atoms with Gasteiger partial charge in [-0.25, -0.2) is 9.78 Å². The zero-order valence-electron chi connectivity index (χ0n) is 18.1. The molecule has 0 saturated carbocycles. The molecule has 3 aromatic rings. The summed E-state index contributed by atoms with van der Waals surface area (Å²) in [5.41, 5.74) is 6.23. The summed E-state index contributed by atoms with van der Waals surface area (Å²) < 4.78 is 5.59. The van der Waals surface area contributed by atoms with Crippen LogP contribution in [0, 0.1) is 13.8 Å². The van der Waals surface area contributed by atoms with Crippen molar-refractivity contribution in [3.63, 3.8) is 0 Å². The van der Waals surface area contributed by atoms with E-state index in [-0.39, 0.29) is 6.09 Å². The third-order valence-corrected chi connectivity index (χ3v) is 6.59. The van der Waals surface area contributed by atoms with E-state index in [1.54, 1.807) is 16.2 Å². The van der Waals surface area contributed by atoms with E-state index in [2.05, 4.69) is 21.8 Å². The number of nitrogens with zero attached hydrogens (tertiary/aromatic N) is 4. The van der Waals surface area contributed by atoms with E-state index < -0.39 is 0 Å². The predicted molar refractivity (Wildman–Crippen MR) is 123 cm³/mol. The number of hydrogen-bond donors (Lipinski definition) is 0. The van der Waals surface area contributed by atoms with Crippen molar-refractivity contribution in [1.29, 1.82) is 0 Å². The zero-order chi connectivity index (χ0) is 21.6. The summed E-state index contributed by atoms with van der Waals surface area (Å²) in [6.45, 7) is 8.18. The Morgan fingerprint density at radius 2 is 1.84 bits per heavy atom. The molecule has 0 N–H and O–H groups in total. The number of rotatable bonds is 6. The molecule has 0 atom stereocenters. The normalized spacial score (nSPS) is 14.6. The molecule has 0 bridgehead atoms. The van der Waals surface area contributed by atoms with Crippen molar-refractivity contribution in [2.24, 2.45) is 0 Å². The topological polar surface area (TPSA) is 58.6 Å². The number of hydrogen-bond acceptors (Lipinski definition) is 6. The quantitative estimate of drug-likeness (QED) is 0.582. The highest BCUT2D eigenvalue weighted by Crippen LogP contribution is 2.17. The van der Waals surface area contributed by atoms with Crippen LogP contribution in [0.15, 0.2) is 48.0 Å². The van der Waals surface area contributed by atoms with Crippen molar-refractivity contribution in [1.82, 2.24) is 19.8 Å². The van der Waals surface area contributed by atoms with Crippen LogP contribution in [0.1, 0.15) is 27.5 Å². The summed E-state index contributed by atoms with van der Waals surface area (Å²) in [6.07, 6.45) is 1.51. The average Bonchev–Trinajstić information content (AvgIpc) is 3.19. The predicted octanol–water partition coefficient (Wildman–Crippen LogP) is 4.10. The van der Waals surface area contributed by atoms with Crippen molar-refractivity contribution >= 4 is 17.4 Å². The van der Waals surface area contributed by atoms with Gasteiger partial charge in [0.05, 0.1) is 11.2 Å². The summed E-state index contributed by atoms with van der Waals surface area (Å²) in [5, 5.41) is 0. The van der Waals surface area contributed by atoms with Crippen LogP contribution < -0.4 is 4.74 Å². The van der Waals surface area contributed by atoms with E-state index in [9.17, 15) is 4.79 Å². The van der Waals surface area contributed by atoms with E-state index in [0.29, 0.717) is 18.8 Å². The lowest BCUT2D eigenvalue weighted by molar-refractivity contribution is 0.111. The fourth-order valence-electron chi connectivity index (χ4n) is 3.73. The van der Waals surface area contributed by atoms with Gasteiger partial charge in [-0.1, -0.05) is 18.2 Å². The van der Waals surface area contributed by atoms with Crippen LogP contribution in [0.25, 0.3) is 0 Å². The summed E-state index contributed by atoms with van der Waals surface area (Å²) in [6, 6.07) is 13.7. The number of pyridine rings is 1. The molecule has 0 unspecified atom stereocenters. The maximum Gasteiger partial charge on any atom is 0.415 e. The van der Waals surface area contributed by atoms with Crippen LogP contribution in [0.3, 0.4) is 0 Å². The molecule has 2 aromatic heterocycles. The first kappa shape index (κ1) is 21.5. The van der Waals surface area contributed by atoms with Crippen molar-refractivity contribution in [3.8, 4) is 5.75 Å². The van der Waals surface area contributed by atoms with E-state index in [0.717, 1.165) is 55.1 Å². The maximum absolute atomic E-state index is 12.5. The Labute approximate surface area is 187 Å². The van der Waals surface area contributed by atoms with Gasteiger partial charge in [-0.2, -0.15) is 0 Å². The average molecular weight is 437 g/mol. The van der Waals surface area contributed by atoms with Crippen LogP contribution in [-0.2, 0) is 12.8 Å². The third-order valence-electron chi connectivity index (χ3n) is 5.59. The van der Waals surface area contributed by atoms with Gasteiger partial charge in [0.15, 0.2) is 0 Å². The van der Waals surface area contributed by atoms with Crippen LogP contribution in [-0.4, -0.2) is 58.6 Å². The number of ether oxygens (including phenoxy) is 1. The minimum atomic E-state index is -0.272. The standard InChI is InChI=1S/C24H28N4O2S/c1-18-4-3-5-21(26-18)16-20-6-8-22(9-7-20)30-24(29)28-14-12-27(13-15-28)11-10-23-19(2)25-17-31-23/h3-9,17H,10-16H2,1-2H3. The molecule has 162 valence electrons. The van der Waals surface area contributed by atoms with Gasteiger partial charge in [0.1, 0.15) is 5.75 Å². The highest BCUT2D eigenvalue weighted by atomic mass is 32.1. The number of piperazine rings is 1. The Kier molecular flexibility index (Phi) is 6.94. The van der Waals surface area contributed by atoms with E-state index in [4.69, 9.17) is 4.74 Å². The SMILES string of the molecule is Cc1cccc(Cc2ccc(OC(=O)N3CCN(CCc4scnc4C)CC3)cc2)n1. The van der Waals surface area contributed by atoms with Crippen LogP contribution in [0.5, 0.6) is 5.75 Å². The largest absolute Gasteiger partial charge is 0.415 e. The summed E-state index contributed by atoms with van der Waals surface area (Å²) in [5.74, 6) is 0.578. The second-order valence-corrected chi connectivity index (χ2v) is 8.84. The number of amides is 1. The number of aromatic nitrogens is 2. The Hall–Kier alpha value is -2.77. The molecule has 6 nitrogen and oxygen atoms in total. The first-order chi connectivity index (χ1) is 15.1. The lowest BCUT2D eigenvalue weighted by Gasteiger charge is -2.33. The molecule has 0 spiro atoms. The number of thiazole rings is 1. The van der Waals surface area contributed by atoms with Crippen LogP contribution in [0.2, 0.25) is 0 Å². The van der Waals surface area contributed by atoms with Crippen molar-refractivity contribution in [2.75, 3.05) is 32.7 Å². The minimum Gasteiger partial charge on any atom is -0.410 e. The van der Waals surface area contributed by atoms with Crippen molar-refractivity contribution in [3.05, 3.63) is 75.5 Å². The lowest BCUT2D eigenvalue weighted by Crippen LogP contribution is -2.49. The molecule has 1 fully saturated rings. The van der Waals surface area contributed by atoms with Gasteiger partial charge in [-0.3, -0.25) is 9.88 Å². The first-order valence-electron chi connectivity index (χ1n) is 10.7. The fourth-order valence-corrected chi connectivity index (χ4v) is 4.50. The molecule has 4 rings (SSSR count). The molecule has 1 aliphatic heterocycles. The van der Waals surface area contributed by atoms with Gasteiger partial charge in [-0.15, -0.1) is 11.3 Å². The first-order valence-corrected chi connectivity index (χ1v) is 11.5. The molecule has 1 saturated heterocycles. The maximum atomic E-state index is 12.5. The van der Waals surface area contributed by atoms with Gasteiger partial charge < -0.3 is 9.64 Å². The Balaban J connectivity index is 1.23. The number of benzene rings is 1. The molecule has 31 heavy (non-hydrogen) atoms. The highest BCUT2D eigenvalue weighted by Gasteiger charge is 2.22. The second kappa shape index (κ2) is 10.0. The monoisotopic (exact) mass is 436 g/mol. The summed E-state index contributed by atoms with van der Waals surface area (Å²) in [4.78, 5) is 26.9. The molecular formula is C24H28N4O2S. The third kappa shape index (κ3) is 5.89. The molecule has 0 radical (unpaired) electrons. The summed E-state index contributed by atoms with van der Waals surface area (Å²) >= 11 is 1.72. The highest BCUT2D eigenvalue weighted by molar-refractivity contribution is 7.09. The second-order valence-electron chi connectivity index (χ2n) is 7.90. The van der Waals surface area contributed by atoms with E-state index >= 15 is 0 Å². The molecular weight excluding hydrogens is 408 g/mol. The smallest absolute Gasteiger partial charge is 0.410 e. The minimum absolute atomic E-state index is 0.272. The van der Waals surface area contributed by atoms with Gasteiger partial charge in [0, 0.05) is 55.4 Å². The Bertz CT molecular complexity index is 1010. The molecule has 1 amide bonds. The number of carbonyl (C=O) groups is 1. The van der Waals surface area contributed by atoms with Crippen molar-refractivity contribution < 1.29 is 9.53 Å². The lowest BCUT2D eigenvalue weighted by atomic mass is 10.1. The van der Waals surface area contributed by atoms with Gasteiger partial charge in [0.25, 0.3) is 0 Å². The zero-order valence-corrected chi connectivity index (χ0v) is 18.9.